The molecule has 3 rings (SSSR count). The van der Waals surface area contributed by atoms with E-state index in [4.69, 9.17) is 4.99 Å². The number of nitrogens with zero attached hydrogens (tertiary/aromatic N) is 5. The normalized spacial score (nSPS) is 16.5. The van der Waals surface area contributed by atoms with Crippen LogP contribution >= 0.6 is 0 Å². The smallest absolute Gasteiger partial charge is 0.224 e. The molecule has 156 valence electrons. The highest BCUT2D eigenvalue weighted by Gasteiger charge is 2.17. The lowest BCUT2D eigenvalue weighted by Gasteiger charge is -2.18. The van der Waals surface area contributed by atoms with Gasteiger partial charge in [-0.25, -0.2) is 19.9 Å². The minimum absolute atomic E-state index is 0.223. The zero-order valence-corrected chi connectivity index (χ0v) is 17.4. The van der Waals surface area contributed by atoms with E-state index in [1.54, 1.807) is 12.5 Å². The zero-order valence-electron chi connectivity index (χ0n) is 17.4. The second kappa shape index (κ2) is 10.8. The zero-order chi connectivity index (χ0) is 20.5. The minimum Gasteiger partial charge on any atom is -0.393 e. The van der Waals surface area contributed by atoms with E-state index in [1.165, 1.54) is 0 Å². The first-order valence-electron chi connectivity index (χ1n) is 10.6. The largest absolute Gasteiger partial charge is 0.393 e. The average molecular weight is 398 g/mol. The van der Waals surface area contributed by atoms with Gasteiger partial charge in [-0.2, -0.15) is 4.98 Å². The second-order valence-corrected chi connectivity index (χ2v) is 7.34. The van der Waals surface area contributed by atoms with Crippen molar-refractivity contribution in [1.29, 1.82) is 0 Å². The van der Waals surface area contributed by atoms with Crippen LogP contribution in [0, 0.1) is 0 Å². The highest BCUT2D eigenvalue weighted by Crippen LogP contribution is 2.30. The minimum atomic E-state index is -0.223. The van der Waals surface area contributed by atoms with E-state index in [0.717, 1.165) is 80.8 Å². The fourth-order valence-electron chi connectivity index (χ4n) is 3.15. The summed E-state index contributed by atoms with van der Waals surface area (Å²) in [6.07, 6.45) is 9.37. The monoisotopic (exact) mass is 397 g/mol. The van der Waals surface area contributed by atoms with Crippen LogP contribution in [0.2, 0.25) is 0 Å². The predicted octanol–water partition coefficient (Wildman–Crippen LogP) is 3.97. The Labute approximate surface area is 172 Å². The number of nitrogens with one attached hydrogen (secondary N) is 2. The molecule has 0 saturated heterocycles. The quantitative estimate of drug-likeness (QED) is 0.549. The molecule has 1 aliphatic rings. The van der Waals surface area contributed by atoms with Crippen LogP contribution in [-0.2, 0) is 0 Å². The van der Waals surface area contributed by atoms with Gasteiger partial charge in [0.25, 0.3) is 0 Å². The van der Waals surface area contributed by atoms with Gasteiger partial charge in [-0.15, -0.1) is 0 Å². The van der Waals surface area contributed by atoms with Crippen LogP contribution in [0.1, 0.15) is 58.8 Å². The van der Waals surface area contributed by atoms with Crippen LogP contribution < -0.4 is 10.6 Å². The summed E-state index contributed by atoms with van der Waals surface area (Å²) in [4.78, 5) is 22.7. The maximum atomic E-state index is 9.78. The van der Waals surface area contributed by atoms with Crippen molar-refractivity contribution in [3.63, 3.8) is 0 Å². The number of rotatable bonds is 9. The molecule has 0 bridgehead atoms. The van der Waals surface area contributed by atoms with Crippen LogP contribution in [0.15, 0.2) is 23.6 Å². The Morgan fingerprint density at radius 2 is 1.90 bits per heavy atom. The molecule has 3 N–H and O–H groups in total. The summed E-state index contributed by atoms with van der Waals surface area (Å²) < 4.78 is 0. The molecule has 0 atom stereocenters. The molecule has 29 heavy (non-hydrogen) atoms. The van der Waals surface area contributed by atoms with Crippen LogP contribution in [0.5, 0.6) is 0 Å². The topological polar surface area (TPSA) is 108 Å². The molecule has 0 amide bonds. The number of anilines is 2. The number of unbranched alkanes of at least 4 members (excludes halogenated alkanes) is 1. The lowest BCUT2D eigenvalue weighted by Crippen LogP contribution is -2.17. The molecule has 1 aliphatic carbocycles. The van der Waals surface area contributed by atoms with E-state index in [-0.39, 0.29) is 6.10 Å². The summed E-state index contributed by atoms with van der Waals surface area (Å²) in [7, 11) is 0. The fraction of sp³-hybridized carbons (Fsp3) is 0.571. The third-order valence-corrected chi connectivity index (χ3v) is 4.88. The van der Waals surface area contributed by atoms with Crippen molar-refractivity contribution in [3.05, 3.63) is 18.6 Å². The van der Waals surface area contributed by atoms with Crippen molar-refractivity contribution in [2.45, 2.75) is 64.9 Å². The number of aliphatic hydroxyl groups excluding tert-OH is 1. The van der Waals surface area contributed by atoms with Gasteiger partial charge in [0, 0.05) is 31.1 Å². The lowest BCUT2D eigenvalue weighted by atomic mass is 9.96. The summed E-state index contributed by atoms with van der Waals surface area (Å²) in [6.45, 7) is 5.95. The first kappa shape index (κ1) is 21.1. The van der Waals surface area contributed by atoms with Gasteiger partial charge < -0.3 is 15.7 Å². The highest BCUT2D eigenvalue weighted by molar-refractivity contribution is 5.89. The van der Waals surface area contributed by atoms with Crippen molar-refractivity contribution in [3.8, 4) is 11.3 Å². The molecule has 8 nitrogen and oxygen atoms in total. The van der Waals surface area contributed by atoms with Gasteiger partial charge in [-0.3, -0.25) is 0 Å². The van der Waals surface area contributed by atoms with E-state index in [1.807, 2.05) is 6.07 Å². The van der Waals surface area contributed by atoms with Crippen molar-refractivity contribution < 1.29 is 5.11 Å². The van der Waals surface area contributed by atoms with Crippen LogP contribution in [0.3, 0.4) is 0 Å². The van der Waals surface area contributed by atoms with Crippen LogP contribution in [0.25, 0.3) is 11.3 Å². The lowest BCUT2D eigenvalue weighted by molar-refractivity contribution is 0.152. The van der Waals surface area contributed by atoms with Gasteiger partial charge >= 0.3 is 0 Å². The van der Waals surface area contributed by atoms with Gasteiger partial charge in [0.2, 0.25) is 5.95 Å². The molecule has 0 radical (unpaired) electrons. The highest BCUT2D eigenvalue weighted by atomic mass is 16.3. The number of hydrogen-bond donors (Lipinski definition) is 3. The first-order valence-corrected chi connectivity index (χ1v) is 10.6. The van der Waals surface area contributed by atoms with Gasteiger partial charge in [0.1, 0.15) is 12.1 Å². The Morgan fingerprint density at radius 3 is 2.66 bits per heavy atom. The van der Waals surface area contributed by atoms with Crippen molar-refractivity contribution in [1.82, 2.24) is 19.9 Å². The first-order chi connectivity index (χ1) is 14.2. The number of aromatic nitrogens is 4. The third kappa shape index (κ3) is 6.19. The number of aliphatic hydroxyl groups is 1. The van der Waals surface area contributed by atoms with E-state index in [0.29, 0.717) is 11.8 Å². The molecule has 2 aromatic rings. The van der Waals surface area contributed by atoms with E-state index in [2.05, 4.69) is 44.4 Å². The Morgan fingerprint density at radius 1 is 1.07 bits per heavy atom. The van der Waals surface area contributed by atoms with Crippen LogP contribution in [-0.4, -0.2) is 49.9 Å². The van der Waals surface area contributed by atoms with Gasteiger partial charge in [0.15, 0.2) is 5.82 Å². The second-order valence-electron chi connectivity index (χ2n) is 7.34. The van der Waals surface area contributed by atoms with Gasteiger partial charge in [-0.05, 0) is 38.5 Å². The summed E-state index contributed by atoms with van der Waals surface area (Å²) in [5.41, 5.74) is 2.59. The Bertz CT molecular complexity index is 814. The van der Waals surface area contributed by atoms with E-state index in [9.17, 15) is 5.11 Å². The molecule has 1 saturated carbocycles. The number of hydrogen-bond acceptors (Lipinski definition) is 8. The standard InChI is InChI=1S/C21H31N7O/c1-3-5-11-23-21-24-13-17(18-12-19(22-10-4-2)26-14-25-18)20(28-21)27-15-6-8-16(29)9-7-15/h12-14,16,29H,3-11H2,1-2H3,(H,22,25,26)(H,23,24,28). The van der Waals surface area contributed by atoms with Crippen molar-refractivity contribution >= 4 is 23.3 Å². The number of aliphatic imine (C=N–C) groups is 1. The fourth-order valence-corrected chi connectivity index (χ4v) is 3.15. The Kier molecular flexibility index (Phi) is 7.86. The Hall–Kier alpha value is -2.61. The molecular formula is C21H31N7O. The van der Waals surface area contributed by atoms with Gasteiger partial charge in [0.05, 0.1) is 17.4 Å². The molecular weight excluding hydrogens is 366 g/mol. The summed E-state index contributed by atoms with van der Waals surface area (Å²) in [5.74, 6) is 1.97. The summed E-state index contributed by atoms with van der Waals surface area (Å²) >= 11 is 0. The molecule has 8 heteroatoms. The average Bonchev–Trinajstić information content (AvgIpc) is 2.74. The molecule has 0 unspecified atom stereocenters. The van der Waals surface area contributed by atoms with Crippen LogP contribution in [0.4, 0.5) is 17.6 Å². The predicted molar refractivity (Wildman–Crippen MR) is 117 cm³/mol. The van der Waals surface area contributed by atoms with Crippen molar-refractivity contribution in [2.75, 3.05) is 23.7 Å². The summed E-state index contributed by atoms with van der Waals surface area (Å²) in [6, 6.07) is 1.91. The molecule has 2 heterocycles. The summed E-state index contributed by atoms with van der Waals surface area (Å²) in [5, 5.41) is 16.3. The van der Waals surface area contributed by atoms with Gasteiger partial charge in [-0.1, -0.05) is 20.3 Å². The van der Waals surface area contributed by atoms with Crippen molar-refractivity contribution in [2.24, 2.45) is 4.99 Å². The maximum absolute atomic E-state index is 9.78. The maximum Gasteiger partial charge on any atom is 0.224 e. The molecule has 2 aromatic heterocycles. The molecule has 0 aromatic carbocycles. The Balaban J connectivity index is 1.91. The van der Waals surface area contributed by atoms with E-state index >= 15 is 0 Å². The molecule has 1 fully saturated rings. The van der Waals surface area contributed by atoms with E-state index < -0.39 is 0 Å². The third-order valence-electron chi connectivity index (χ3n) is 4.88. The SMILES string of the molecule is CCCCNc1ncc(-c2cc(NCCC)ncn2)c(N=C2CCC(O)CC2)n1. The molecule has 0 spiro atoms. The molecule has 0 aliphatic heterocycles.